The Morgan fingerprint density at radius 3 is 1.07 bits per heavy atom. The van der Waals surface area contributed by atoms with E-state index in [1.54, 1.807) is 0 Å². The second-order valence-corrected chi connectivity index (χ2v) is 11.9. The summed E-state index contributed by atoms with van der Waals surface area (Å²) >= 11 is 0. The van der Waals surface area contributed by atoms with Crippen LogP contribution in [0.25, 0.3) is 0 Å². The Morgan fingerprint density at radius 2 is 0.800 bits per heavy atom. The third-order valence-electron chi connectivity index (χ3n) is 6.02. The van der Waals surface area contributed by atoms with Crippen LogP contribution in [0.5, 0.6) is 0 Å². The van der Waals surface area contributed by atoms with Gasteiger partial charge in [0.1, 0.15) is 0 Å². The molecule has 3 heteroatoms. The van der Waals surface area contributed by atoms with Crippen LogP contribution in [-0.2, 0) is 0 Å². The van der Waals surface area contributed by atoms with E-state index in [2.05, 4.69) is 41.5 Å². The number of unbranched alkanes of at least 4 members (excludes halogenated alkanes) is 12. The molecule has 0 unspecified atom stereocenters. The third-order valence-corrected chi connectivity index (χ3v) is 6.02. The predicted molar refractivity (Wildman–Crippen MR) is 134 cm³/mol. The molecule has 0 aliphatic heterocycles. The lowest BCUT2D eigenvalue weighted by atomic mass is 9.89. The van der Waals surface area contributed by atoms with E-state index >= 15 is 0 Å². The molecular formula is C27H56N2O. The van der Waals surface area contributed by atoms with Crippen LogP contribution in [0.3, 0.4) is 0 Å². The van der Waals surface area contributed by atoms with Gasteiger partial charge in [-0.3, -0.25) is 0 Å². The third kappa shape index (κ3) is 22.0. The lowest BCUT2D eigenvalue weighted by molar-refractivity contribution is 0.204. The van der Waals surface area contributed by atoms with E-state index in [4.69, 9.17) is 5.73 Å². The molecule has 0 saturated carbocycles. The normalized spacial score (nSPS) is 12.3. The van der Waals surface area contributed by atoms with Gasteiger partial charge in [-0.05, 0) is 36.5 Å². The molecular weight excluding hydrogens is 368 g/mol. The molecule has 0 rings (SSSR count). The van der Waals surface area contributed by atoms with E-state index in [1.165, 1.54) is 89.9 Å². The standard InChI is InChI=1S/C27H56N2O/c1-26(2,3)21-17-13-9-7-11-15-19-23-29(25(28)30)24-20-16-12-8-10-14-18-22-27(4,5)6/h7-24H2,1-6H3,(H2,28,30). The number of carbonyl (C=O) groups is 1. The molecule has 0 spiro atoms. The van der Waals surface area contributed by atoms with Crippen LogP contribution >= 0.6 is 0 Å². The predicted octanol–water partition coefficient (Wildman–Crippen LogP) is 8.70. The molecule has 2 N–H and O–H groups in total. The first-order valence-corrected chi connectivity index (χ1v) is 13.1. The molecule has 0 heterocycles. The molecule has 0 bridgehead atoms. The Kier molecular flexibility index (Phi) is 16.5. The zero-order chi connectivity index (χ0) is 22.9. The number of urea groups is 1. The second kappa shape index (κ2) is 16.9. The summed E-state index contributed by atoms with van der Waals surface area (Å²) in [5, 5.41) is 0. The van der Waals surface area contributed by atoms with Gasteiger partial charge in [-0.1, -0.05) is 119 Å². The van der Waals surface area contributed by atoms with Gasteiger partial charge in [0.15, 0.2) is 0 Å². The topological polar surface area (TPSA) is 46.3 Å². The molecule has 3 nitrogen and oxygen atoms in total. The van der Waals surface area contributed by atoms with Crippen molar-refractivity contribution in [2.45, 2.75) is 144 Å². The van der Waals surface area contributed by atoms with Crippen molar-refractivity contribution in [3.05, 3.63) is 0 Å². The van der Waals surface area contributed by atoms with Crippen molar-refractivity contribution in [1.29, 1.82) is 0 Å². The molecule has 0 aromatic carbocycles. The fraction of sp³-hybridized carbons (Fsp3) is 0.963. The SMILES string of the molecule is CC(C)(C)CCCCCCCCCN(CCCCCCCCCC(C)(C)C)C(N)=O. The van der Waals surface area contributed by atoms with Gasteiger partial charge in [0, 0.05) is 13.1 Å². The molecule has 0 aromatic heterocycles. The summed E-state index contributed by atoms with van der Waals surface area (Å²) in [6, 6.07) is -0.237. The van der Waals surface area contributed by atoms with Gasteiger partial charge in [-0.15, -0.1) is 0 Å². The molecule has 2 amide bonds. The van der Waals surface area contributed by atoms with Crippen LogP contribution in [0.15, 0.2) is 0 Å². The van der Waals surface area contributed by atoms with Crippen molar-refractivity contribution in [2.24, 2.45) is 16.6 Å². The largest absolute Gasteiger partial charge is 0.351 e. The van der Waals surface area contributed by atoms with Gasteiger partial charge < -0.3 is 10.6 Å². The Bertz CT molecular complexity index is 374. The van der Waals surface area contributed by atoms with E-state index in [0.717, 1.165) is 25.9 Å². The van der Waals surface area contributed by atoms with Gasteiger partial charge in [0.2, 0.25) is 0 Å². The smallest absolute Gasteiger partial charge is 0.314 e. The van der Waals surface area contributed by atoms with Crippen molar-refractivity contribution >= 4 is 6.03 Å². The van der Waals surface area contributed by atoms with Crippen molar-refractivity contribution in [2.75, 3.05) is 13.1 Å². The number of carbonyl (C=O) groups excluding carboxylic acids is 1. The van der Waals surface area contributed by atoms with Gasteiger partial charge in [0.05, 0.1) is 0 Å². The van der Waals surface area contributed by atoms with Crippen molar-refractivity contribution in [3.63, 3.8) is 0 Å². The molecule has 0 fully saturated rings. The zero-order valence-corrected chi connectivity index (χ0v) is 21.7. The molecule has 0 aliphatic carbocycles. The molecule has 30 heavy (non-hydrogen) atoms. The van der Waals surface area contributed by atoms with Gasteiger partial charge in [0.25, 0.3) is 0 Å². The molecule has 0 aliphatic rings. The Hall–Kier alpha value is -0.730. The fourth-order valence-corrected chi connectivity index (χ4v) is 4.02. The summed E-state index contributed by atoms with van der Waals surface area (Å²) in [7, 11) is 0. The highest BCUT2D eigenvalue weighted by Gasteiger charge is 2.10. The minimum Gasteiger partial charge on any atom is -0.351 e. The quantitative estimate of drug-likeness (QED) is 0.220. The monoisotopic (exact) mass is 424 g/mol. The number of rotatable bonds is 18. The minimum atomic E-state index is -0.237. The fourth-order valence-electron chi connectivity index (χ4n) is 4.02. The summed E-state index contributed by atoms with van der Waals surface area (Å²) in [6.07, 6.45) is 20.7. The van der Waals surface area contributed by atoms with E-state index in [0.29, 0.717) is 10.8 Å². The average Bonchev–Trinajstić information content (AvgIpc) is 2.61. The van der Waals surface area contributed by atoms with Crippen LogP contribution in [0, 0.1) is 10.8 Å². The Balaban J connectivity index is 3.56. The first-order chi connectivity index (χ1) is 14.0. The van der Waals surface area contributed by atoms with Crippen molar-refractivity contribution < 1.29 is 4.79 Å². The second-order valence-electron chi connectivity index (χ2n) is 11.9. The summed E-state index contributed by atoms with van der Waals surface area (Å²) < 4.78 is 0. The van der Waals surface area contributed by atoms with E-state index in [1.807, 2.05) is 4.90 Å². The summed E-state index contributed by atoms with van der Waals surface area (Å²) in [6.45, 7) is 15.6. The number of primary amides is 1. The van der Waals surface area contributed by atoms with E-state index in [9.17, 15) is 4.79 Å². The molecule has 0 atom stereocenters. The van der Waals surface area contributed by atoms with Crippen LogP contribution in [0.4, 0.5) is 4.79 Å². The van der Waals surface area contributed by atoms with Crippen LogP contribution in [0.2, 0.25) is 0 Å². The maximum absolute atomic E-state index is 11.7. The highest BCUT2D eigenvalue weighted by atomic mass is 16.2. The van der Waals surface area contributed by atoms with Crippen molar-refractivity contribution in [1.82, 2.24) is 4.90 Å². The number of nitrogens with two attached hydrogens (primary N) is 1. The average molecular weight is 425 g/mol. The lowest BCUT2D eigenvalue weighted by Gasteiger charge is -2.20. The van der Waals surface area contributed by atoms with Gasteiger partial charge >= 0.3 is 6.03 Å². The number of hydrogen-bond donors (Lipinski definition) is 1. The maximum atomic E-state index is 11.7. The van der Waals surface area contributed by atoms with Crippen LogP contribution in [-0.4, -0.2) is 24.0 Å². The number of hydrogen-bond acceptors (Lipinski definition) is 1. The maximum Gasteiger partial charge on any atom is 0.314 e. The van der Waals surface area contributed by atoms with E-state index in [-0.39, 0.29) is 6.03 Å². The Labute approximate surface area is 189 Å². The van der Waals surface area contributed by atoms with Gasteiger partial charge in [-0.25, -0.2) is 4.79 Å². The van der Waals surface area contributed by atoms with Crippen molar-refractivity contribution in [3.8, 4) is 0 Å². The lowest BCUT2D eigenvalue weighted by Crippen LogP contribution is -2.37. The minimum absolute atomic E-state index is 0.237. The molecule has 0 radical (unpaired) electrons. The zero-order valence-electron chi connectivity index (χ0n) is 21.7. The first-order valence-electron chi connectivity index (χ1n) is 13.1. The highest BCUT2D eigenvalue weighted by Crippen LogP contribution is 2.23. The first kappa shape index (κ1) is 29.3. The summed E-state index contributed by atoms with van der Waals surface area (Å²) in [5.41, 5.74) is 6.54. The molecule has 0 saturated heterocycles. The number of amides is 2. The van der Waals surface area contributed by atoms with Crippen LogP contribution in [0.1, 0.15) is 144 Å². The highest BCUT2D eigenvalue weighted by molar-refractivity contribution is 5.71. The Morgan fingerprint density at radius 1 is 0.533 bits per heavy atom. The summed E-state index contributed by atoms with van der Waals surface area (Å²) in [5.74, 6) is 0. The van der Waals surface area contributed by atoms with E-state index < -0.39 is 0 Å². The molecule has 180 valence electrons. The molecule has 0 aromatic rings. The van der Waals surface area contributed by atoms with Crippen LogP contribution < -0.4 is 5.73 Å². The number of nitrogens with zero attached hydrogens (tertiary/aromatic N) is 1. The summed E-state index contributed by atoms with van der Waals surface area (Å²) in [4.78, 5) is 13.6. The van der Waals surface area contributed by atoms with Gasteiger partial charge in [-0.2, -0.15) is 0 Å².